The van der Waals surface area contributed by atoms with Crippen molar-refractivity contribution in [3.8, 4) is 11.5 Å². The summed E-state index contributed by atoms with van der Waals surface area (Å²) in [5, 5.41) is 23.1. The van der Waals surface area contributed by atoms with Crippen molar-refractivity contribution < 1.29 is 24.6 Å². The minimum absolute atomic E-state index is 0.0251. The van der Waals surface area contributed by atoms with Crippen molar-refractivity contribution in [3.05, 3.63) is 70.7 Å². The van der Waals surface area contributed by atoms with Gasteiger partial charge in [0, 0.05) is 11.3 Å². The van der Waals surface area contributed by atoms with Crippen LogP contribution in [0.1, 0.15) is 42.6 Å². The Morgan fingerprint density at radius 3 is 2.50 bits per heavy atom. The second-order valence-electron chi connectivity index (χ2n) is 6.19. The van der Waals surface area contributed by atoms with Crippen molar-refractivity contribution >= 4 is 24.1 Å². The van der Waals surface area contributed by atoms with E-state index in [-0.39, 0.29) is 22.5 Å². The minimum Gasteiger partial charge on any atom is -0.478 e. The van der Waals surface area contributed by atoms with Gasteiger partial charge in [-0.15, -0.1) is 0 Å². The molecule has 0 saturated heterocycles. The number of benzene rings is 1. The molecule has 1 aromatic carbocycles. The van der Waals surface area contributed by atoms with Gasteiger partial charge in [-0.1, -0.05) is 0 Å². The van der Waals surface area contributed by atoms with Crippen molar-refractivity contribution in [1.29, 1.82) is 0 Å². The van der Waals surface area contributed by atoms with E-state index in [0.717, 1.165) is 0 Å². The molecule has 0 atom stereocenters. The quantitative estimate of drug-likeness (QED) is 0.629. The maximum Gasteiger partial charge on any atom is 0.352 e. The summed E-state index contributed by atoms with van der Waals surface area (Å²) in [5.74, 6) is -2.43. The number of rotatable bonds is 2. The minimum atomic E-state index is -1.17. The molecular weight excluding hydrogens is 364 g/mol. The van der Waals surface area contributed by atoms with E-state index in [9.17, 15) is 24.6 Å². The van der Waals surface area contributed by atoms with Crippen LogP contribution in [0.4, 0.5) is 0 Å². The molecule has 0 aliphatic carbocycles. The zero-order chi connectivity index (χ0) is 20.0. The Labute approximate surface area is 158 Å². The molecule has 0 radical (unpaired) electrons. The zero-order valence-corrected chi connectivity index (χ0v) is 14.6. The van der Waals surface area contributed by atoms with Gasteiger partial charge in [-0.05, 0) is 49.4 Å². The average Bonchev–Trinajstić information content (AvgIpc) is 3.23. The first-order valence-corrected chi connectivity index (χ1v) is 8.23. The molecule has 28 heavy (non-hydrogen) atoms. The van der Waals surface area contributed by atoms with Crippen molar-refractivity contribution in [2.24, 2.45) is 5.10 Å². The van der Waals surface area contributed by atoms with Crippen LogP contribution >= 0.6 is 0 Å². The first-order valence-electron chi connectivity index (χ1n) is 8.23. The summed E-state index contributed by atoms with van der Waals surface area (Å²) in [4.78, 5) is 35.9. The van der Waals surface area contributed by atoms with E-state index in [0.29, 0.717) is 17.2 Å². The highest BCUT2D eigenvalue weighted by molar-refractivity contribution is 5.99. The molecule has 140 valence electrons. The van der Waals surface area contributed by atoms with Crippen molar-refractivity contribution in [2.45, 2.75) is 6.92 Å². The third kappa shape index (κ3) is 2.57. The normalized spacial score (nSPS) is 12.5. The molecule has 3 N–H and O–H groups in total. The van der Waals surface area contributed by atoms with Gasteiger partial charge in [0.15, 0.2) is 0 Å². The van der Waals surface area contributed by atoms with Crippen molar-refractivity contribution in [2.75, 3.05) is 0 Å². The lowest BCUT2D eigenvalue weighted by Crippen LogP contribution is -2.18. The molecule has 9 nitrogen and oxygen atoms in total. The van der Waals surface area contributed by atoms with Crippen LogP contribution in [-0.4, -0.2) is 43.4 Å². The summed E-state index contributed by atoms with van der Waals surface area (Å²) in [5.41, 5.74) is 3.85. The summed E-state index contributed by atoms with van der Waals surface area (Å²) in [6, 6.07) is 10.6. The molecule has 0 spiro atoms. The van der Waals surface area contributed by atoms with Crippen LogP contribution in [-0.2, 0) is 0 Å². The summed E-state index contributed by atoms with van der Waals surface area (Å²) in [6.07, 6.45) is 1.34. The van der Waals surface area contributed by atoms with Gasteiger partial charge in [0.25, 0.3) is 5.91 Å². The number of carbonyl (C=O) groups excluding carboxylic acids is 1. The van der Waals surface area contributed by atoms with Crippen LogP contribution in [0.2, 0.25) is 0 Å². The molecule has 2 aromatic heterocycles. The van der Waals surface area contributed by atoms with Crippen LogP contribution in [0, 0.1) is 6.92 Å². The molecule has 1 aliphatic heterocycles. The Morgan fingerprint density at radius 2 is 1.79 bits per heavy atom. The van der Waals surface area contributed by atoms with Crippen molar-refractivity contribution in [1.82, 2.24) is 14.6 Å². The lowest BCUT2D eigenvalue weighted by Gasteiger charge is -2.17. The maximum absolute atomic E-state index is 12.4. The second-order valence-corrected chi connectivity index (χ2v) is 6.19. The molecule has 9 heteroatoms. The molecule has 2 bridgehead atoms. The SMILES string of the molecule is Cc1ccc2n1-c1cc(ccc1C(=O)O)C(=O)NN=Cc1ccc(C(=O)O)n1-2. The maximum atomic E-state index is 12.4. The molecular formula is C19H14N4O5. The number of aryl methyl sites for hydroxylation is 1. The van der Waals surface area contributed by atoms with E-state index >= 15 is 0 Å². The van der Waals surface area contributed by atoms with Crippen molar-refractivity contribution in [3.63, 3.8) is 0 Å². The summed E-state index contributed by atoms with van der Waals surface area (Å²) < 4.78 is 3.05. The van der Waals surface area contributed by atoms with Crippen LogP contribution in [0.25, 0.3) is 11.5 Å². The number of carbonyl (C=O) groups is 3. The third-order valence-corrected chi connectivity index (χ3v) is 4.51. The lowest BCUT2D eigenvalue weighted by molar-refractivity contribution is 0.0680. The predicted molar refractivity (Wildman–Crippen MR) is 98.8 cm³/mol. The number of hydrazone groups is 1. The Morgan fingerprint density at radius 1 is 1.00 bits per heavy atom. The molecule has 0 fully saturated rings. The largest absolute Gasteiger partial charge is 0.478 e. The molecule has 3 aromatic rings. The van der Waals surface area contributed by atoms with E-state index < -0.39 is 17.8 Å². The molecule has 4 rings (SSSR count). The van der Waals surface area contributed by atoms with E-state index in [1.54, 1.807) is 29.7 Å². The Balaban J connectivity index is 2.14. The average molecular weight is 378 g/mol. The number of carboxylic acid groups (broad SMARTS) is 2. The smallest absolute Gasteiger partial charge is 0.352 e. The topological polar surface area (TPSA) is 126 Å². The number of amides is 1. The van der Waals surface area contributed by atoms with Gasteiger partial charge < -0.3 is 10.2 Å². The number of fused-ring (bicyclic) bond motifs is 6. The summed E-state index contributed by atoms with van der Waals surface area (Å²) >= 11 is 0. The molecule has 0 unspecified atom stereocenters. The fraction of sp³-hybridized carbons (Fsp3) is 0.0526. The van der Waals surface area contributed by atoms with Crippen LogP contribution in [0.5, 0.6) is 0 Å². The first kappa shape index (κ1) is 17.3. The first-order chi connectivity index (χ1) is 13.4. The predicted octanol–water partition coefficient (Wildman–Crippen LogP) is 2.05. The number of nitrogens with zero attached hydrogens (tertiary/aromatic N) is 3. The number of hydrogen-bond donors (Lipinski definition) is 3. The fourth-order valence-electron chi connectivity index (χ4n) is 3.25. The van der Waals surface area contributed by atoms with Gasteiger partial charge in [0.2, 0.25) is 0 Å². The third-order valence-electron chi connectivity index (χ3n) is 4.51. The second kappa shape index (κ2) is 6.23. The van der Waals surface area contributed by atoms with Gasteiger partial charge in [-0.2, -0.15) is 5.10 Å². The molecule has 1 aliphatic rings. The van der Waals surface area contributed by atoms with Gasteiger partial charge >= 0.3 is 11.9 Å². The van der Waals surface area contributed by atoms with Gasteiger partial charge in [-0.3, -0.25) is 13.9 Å². The number of aromatic carboxylic acids is 2. The lowest BCUT2D eigenvalue weighted by atomic mass is 10.1. The summed E-state index contributed by atoms with van der Waals surface area (Å²) in [7, 11) is 0. The summed E-state index contributed by atoms with van der Waals surface area (Å²) in [6.45, 7) is 1.76. The molecule has 3 heterocycles. The van der Waals surface area contributed by atoms with E-state index in [1.807, 2.05) is 0 Å². The van der Waals surface area contributed by atoms with E-state index in [4.69, 9.17) is 0 Å². The zero-order valence-electron chi connectivity index (χ0n) is 14.6. The number of hydrogen-bond acceptors (Lipinski definition) is 4. The van der Waals surface area contributed by atoms with Crippen LogP contribution in [0.15, 0.2) is 47.6 Å². The van der Waals surface area contributed by atoms with Crippen LogP contribution in [0.3, 0.4) is 0 Å². The van der Waals surface area contributed by atoms with E-state index in [2.05, 4.69) is 10.5 Å². The highest BCUT2D eigenvalue weighted by Gasteiger charge is 2.23. The van der Waals surface area contributed by atoms with Gasteiger partial charge in [0.05, 0.1) is 23.2 Å². The number of aromatic nitrogens is 2. The molecule has 1 amide bonds. The Kier molecular flexibility index (Phi) is 3.85. The van der Waals surface area contributed by atoms with Gasteiger partial charge in [0.1, 0.15) is 11.5 Å². The Hall–Kier alpha value is -4.14. The number of nitrogens with one attached hydrogen (secondary N) is 1. The van der Waals surface area contributed by atoms with Gasteiger partial charge in [-0.25, -0.2) is 15.0 Å². The monoisotopic (exact) mass is 378 g/mol. The molecule has 0 saturated carbocycles. The van der Waals surface area contributed by atoms with E-state index in [1.165, 1.54) is 35.0 Å². The highest BCUT2D eigenvalue weighted by Crippen LogP contribution is 2.27. The Bertz CT molecular complexity index is 1190. The fourth-order valence-corrected chi connectivity index (χ4v) is 3.25. The van der Waals surface area contributed by atoms with Crippen LogP contribution < -0.4 is 5.43 Å². The standard InChI is InChI=1S/C19H14N4O5/c1-10-2-7-16-22(10)15-8-11(3-5-13(15)18(25)26)17(24)21-20-9-12-4-6-14(19(27)28)23(12)16/h2-9H,1H3,(H,21,24)(H,25,26)(H,27,28). The number of carboxylic acids is 2. The highest BCUT2D eigenvalue weighted by atomic mass is 16.4.